The molecule has 0 aliphatic heterocycles. The van der Waals surface area contributed by atoms with Crippen molar-refractivity contribution >= 4 is 6.08 Å². The third-order valence-corrected chi connectivity index (χ3v) is 4.50. The maximum Gasteiger partial charge on any atom is 0.161 e. The molecule has 0 amide bonds. The predicted molar refractivity (Wildman–Crippen MR) is 115 cm³/mol. The van der Waals surface area contributed by atoms with Crippen LogP contribution in [0.25, 0.3) is 6.08 Å². The quantitative estimate of drug-likeness (QED) is 0.580. The molecule has 2 aromatic rings. The summed E-state index contributed by atoms with van der Waals surface area (Å²) in [5.41, 5.74) is 2.33. The first kappa shape index (κ1) is 22.8. The first-order valence-corrected chi connectivity index (χ1v) is 9.91. The predicted octanol–water partition coefficient (Wildman–Crippen LogP) is 5.11. The first-order valence-electron chi connectivity index (χ1n) is 9.91. The molecular weight excluding hydrogens is 368 g/mol. The molecule has 0 radical (unpaired) electrons. The molecule has 2 N–H and O–H groups in total. The molecule has 2 atom stereocenters. The van der Waals surface area contributed by atoms with Gasteiger partial charge in [0.25, 0.3) is 0 Å². The summed E-state index contributed by atoms with van der Waals surface area (Å²) in [5.74, 6) is 1.70. The van der Waals surface area contributed by atoms with Crippen molar-refractivity contribution in [2.45, 2.75) is 46.5 Å². The van der Waals surface area contributed by atoms with E-state index in [0.717, 1.165) is 11.1 Å². The Kier molecular flexibility index (Phi) is 8.55. The van der Waals surface area contributed by atoms with E-state index >= 15 is 0 Å². The molecule has 0 spiro atoms. The van der Waals surface area contributed by atoms with Gasteiger partial charge in [-0.15, -0.1) is 0 Å². The van der Waals surface area contributed by atoms with E-state index in [1.807, 2.05) is 44.2 Å². The number of rotatable bonds is 10. The summed E-state index contributed by atoms with van der Waals surface area (Å²) in [6.07, 6.45) is 3.27. The normalized spacial score (nSPS) is 13.6. The molecule has 0 aliphatic rings. The Labute approximate surface area is 173 Å². The number of benzene rings is 2. The van der Waals surface area contributed by atoms with E-state index in [9.17, 15) is 10.2 Å². The van der Waals surface area contributed by atoms with Crippen LogP contribution in [0.2, 0.25) is 0 Å². The van der Waals surface area contributed by atoms with Crippen molar-refractivity contribution in [3.63, 3.8) is 0 Å². The monoisotopic (exact) mass is 400 g/mol. The average molecular weight is 401 g/mol. The highest BCUT2D eigenvalue weighted by Crippen LogP contribution is 2.34. The minimum atomic E-state index is -0.372. The van der Waals surface area contributed by atoms with Gasteiger partial charge in [-0.05, 0) is 55.2 Å². The van der Waals surface area contributed by atoms with Gasteiger partial charge in [-0.25, -0.2) is 0 Å². The molecule has 158 valence electrons. The Hall–Kier alpha value is -2.50. The number of hydrogen-bond donors (Lipinski definition) is 2. The van der Waals surface area contributed by atoms with Gasteiger partial charge in [0.2, 0.25) is 0 Å². The van der Waals surface area contributed by atoms with E-state index in [1.54, 1.807) is 25.3 Å². The number of allylic oxidation sites excluding steroid dienone is 1. The van der Waals surface area contributed by atoms with E-state index in [1.165, 1.54) is 0 Å². The number of ether oxygens (including phenoxy) is 3. The van der Waals surface area contributed by atoms with Crippen LogP contribution in [0.5, 0.6) is 17.2 Å². The average Bonchev–Trinajstić information content (AvgIpc) is 2.70. The summed E-state index contributed by atoms with van der Waals surface area (Å²) < 4.78 is 17.9. The zero-order chi connectivity index (χ0) is 21.4. The maximum atomic E-state index is 9.89. The highest BCUT2D eigenvalue weighted by atomic mass is 16.6. The van der Waals surface area contributed by atoms with Crippen molar-refractivity contribution in [1.29, 1.82) is 0 Å². The van der Waals surface area contributed by atoms with Gasteiger partial charge in [0.05, 0.1) is 13.7 Å². The van der Waals surface area contributed by atoms with Crippen LogP contribution >= 0.6 is 0 Å². The SMILES string of the molecule is C/C=C/c1ccc(O[C@@H](C)[C@H](OCC(C)C)c2ccc(O)c(CO)c2)c(OC)c1. The molecule has 0 saturated carbocycles. The van der Waals surface area contributed by atoms with Gasteiger partial charge in [-0.2, -0.15) is 0 Å². The van der Waals surface area contributed by atoms with E-state index in [4.69, 9.17) is 14.2 Å². The van der Waals surface area contributed by atoms with Crippen LogP contribution in [0, 0.1) is 5.92 Å². The number of methoxy groups -OCH3 is 1. The Morgan fingerprint density at radius 1 is 1.03 bits per heavy atom. The lowest BCUT2D eigenvalue weighted by Gasteiger charge is -2.27. The summed E-state index contributed by atoms with van der Waals surface area (Å²) in [7, 11) is 1.62. The zero-order valence-electron chi connectivity index (χ0n) is 17.9. The molecule has 5 heteroatoms. The highest BCUT2D eigenvalue weighted by molar-refractivity contribution is 5.55. The lowest BCUT2D eigenvalue weighted by molar-refractivity contribution is -0.0315. The van der Waals surface area contributed by atoms with Crippen LogP contribution in [0.1, 0.15) is 50.5 Å². The molecule has 0 saturated heterocycles. The molecule has 0 unspecified atom stereocenters. The number of hydrogen-bond acceptors (Lipinski definition) is 5. The number of phenols is 1. The molecule has 2 rings (SSSR count). The molecule has 5 nitrogen and oxygen atoms in total. The largest absolute Gasteiger partial charge is 0.508 e. The Bertz CT molecular complexity index is 813. The van der Waals surface area contributed by atoms with Gasteiger partial charge in [-0.1, -0.05) is 38.1 Å². The summed E-state index contributed by atoms with van der Waals surface area (Å²) in [6, 6.07) is 10.9. The smallest absolute Gasteiger partial charge is 0.161 e. The summed E-state index contributed by atoms with van der Waals surface area (Å²) >= 11 is 0. The zero-order valence-corrected chi connectivity index (χ0v) is 17.9. The third kappa shape index (κ3) is 6.24. The first-order chi connectivity index (χ1) is 13.9. The number of aromatic hydroxyl groups is 1. The van der Waals surface area contributed by atoms with Crippen molar-refractivity contribution in [3.05, 3.63) is 59.2 Å². The Balaban J connectivity index is 2.31. The van der Waals surface area contributed by atoms with Gasteiger partial charge < -0.3 is 24.4 Å². The van der Waals surface area contributed by atoms with Gasteiger partial charge in [0.1, 0.15) is 18.0 Å². The molecule has 0 bridgehead atoms. The van der Waals surface area contributed by atoms with Gasteiger partial charge in [0, 0.05) is 12.2 Å². The fourth-order valence-corrected chi connectivity index (χ4v) is 3.05. The minimum Gasteiger partial charge on any atom is -0.508 e. The maximum absolute atomic E-state index is 9.89. The van der Waals surface area contributed by atoms with Crippen LogP contribution in [0.3, 0.4) is 0 Å². The van der Waals surface area contributed by atoms with Crippen LogP contribution in [0.4, 0.5) is 0 Å². The van der Waals surface area contributed by atoms with E-state index in [0.29, 0.717) is 29.6 Å². The van der Waals surface area contributed by atoms with Crippen LogP contribution in [-0.2, 0) is 11.3 Å². The molecule has 0 heterocycles. The topological polar surface area (TPSA) is 68.2 Å². The van der Waals surface area contributed by atoms with Crippen molar-refractivity contribution in [3.8, 4) is 17.2 Å². The van der Waals surface area contributed by atoms with Crippen molar-refractivity contribution < 1.29 is 24.4 Å². The van der Waals surface area contributed by atoms with Gasteiger partial charge in [0.15, 0.2) is 11.5 Å². The van der Waals surface area contributed by atoms with Crippen LogP contribution < -0.4 is 9.47 Å². The summed E-state index contributed by atoms with van der Waals surface area (Å²) in [5, 5.41) is 19.4. The highest BCUT2D eigenvalue weighted by Gasteiger charge is 2.24. The third-order valence-electron chi connectivity index (χ3n) is 4.50. The lowest BCUT2D eigenvalue weighted by atomic mass is 10.0. The summed E-state index contributed by atoms with van der Waals surface area (Å²) in [6.45, 7) is 8.39. The fraction of sp³-hybridized carbons (Fsp3) is 0.417. The van der Waals surface area contributed by atoms with Gasteiger partial charge in [-0.3, -0.25) is 0 Å². The summed E-state index contributed by atoms with van der Waals surface area (Å²) in [4.78, 5) is 0. The number of aliphatic hydroxyl groups is 1. The van der Waals surface area contributed by atoms with E-state index < -0.39 is 0 Å². The van der Waals surface area contributed by atoms with Crippen LogP contribution in [-0.4, -0.2) is 30.0 Å². The second-order valence-electron chi connectivity index (χ2n) is 7.43. The molecule has 0 aliphatic carbocycles. The Morgan fingerprint density at radius 2 is 1.79 bits per heavy atom. The molecular formula is C24H32O5. The molecule has 0 fully saturated rings. The standard InChI is InChI=1S/C24H32O5/c1-6-7-18-8-11-22(23(12-18)27-5)29-17(4)24(28-15-16(2)3)19-9-10-21(26)20(13-19)14-25/h6-13,16-17,24-26H,14-15H2,1-5H3/b7-6+/t17-,24-/m0/s1. The van der Waals surface area contributed by atoms with Crippen molar-refractivity contribution in [2.75, 3.05) is 13.7 Å². The molecule has 29 heavy (non-hydrogen) atoms. The molecule has 0 aromatic heterocycles. The van der Waals surface area contributed by atoms with Gasteiger partial charge >= 0.3 is 0 Å². The molecule has 2 aromatic carbocycles. The fourth-order valence-electron chi connectivity index (χ4n) is 3.05. The van der Waals surface area contributed by atoms with Crippen molar-refractivity contribution in [1.82, 2.24) is 0 Å². The minimum absolute atomic E-state index is 0.0636. The lowest BCUT2D eigenvalue weighted by Crippen LogP contribution is -2.26. The van der Waals surface area contributed by atoms with E-state index in [-0.39, 0.29) is 24.6 Å². The Morgan fingerprint density at radius 3 is 2.41 bits per heavy atom. The van der Waals surface area contributed by atoms with Crippen LogP contribution in [0.15, 0.2) is 42.5 Å². The van der Waals surface area contributed by atoms with E-state index in [2.05, 4.69) is 13.8 Å². The van der Waals surface area contributed by atoms with Crippen molar-refractivity contribution in [2.24, 2.45) is 5.92 Å². The second-order valence-corrected chi connectivity index (χ2v) is 7.43. The number of aliphatic hydroxyl groups excluding tert-OH is 1. The second kappa shape index (κ2) is 10.9.